The minimum atomic E-state index is -1.08. The van der Waals surface area contributed by atoms with Crippen molar-refractivity contribution in [2.24, 2.45) is 0 Å². The summed E-state index contributed by atoms with van der Waals surface area (Å²) in [6.45, 7) is 4.01. The van der Waals surface area contributed by atoms with Crippen molar-refractivity contribution in [1.82, 2.24) is 10.1 Å². The molecule has 7 heteroatoms. The zero-order chi connectivity index (χ0) is 14.0. The van der Waals surface area contributed by atoms with E-state index in [1.165, 1.54) is 12.3 Å². The van der Waals surface area contributed by atoms with Crippen molar-refractivity contribution < 1.29 is 14.4 Å². The Bertz CT molecular complexity index is 602. The highest BCUT2D eigenvalue weighted by atomic mass is 16.5. The van der Waals surface area contributed by atoms with Crippen LogP contribution in [0.1, 0.15) is 27.4 Å². The normalized spacial score (nSPS) is 10.4. The molecule has 0 aliphatic carbocycles. The maximum atomic E-state index is 11.1. The number of nitrogens with zero attached hydrogens (tertiary/aromatic N) is 2. The number of aromatic carboxylic acids is 1. The lowest BCUT2D eigenvalue weighted by atomic mass is 10.2. The fourth-order valence-corrected chi connectivity index (χ4v) is 1.71. The molecule has 7 nitrogen and oxygen atoms in total. The number of hydrogen-bond acceptors (Lipinski definition) is 6. The molecule has 2 aromatic rings. The zero-order valence-corrected chi connectivity index (χ0v) is 10.6. The number of hydrogen-bond donors (Lipinski definition) is 3. The predicted molar refractivity (Wildman–Crippen MR) is 68.9 cm³/mol. The molecule has 0 spiro atoms. The van der Waals surface area contributed by atoms with Crippen molar-refractivity contribution >= 4 is 17.5 Å². The fourth-order valence-electron chi connectivity index (χ4n) is 1.71. The topological polar surface area (TPSA) is 114 Å². The van der Waals surface area contributed by atoms with Crippen molar-refractivity contribution in [3.63, 3.8) is 0 Å². The molecule has 0 aliphatic rings. The highest BCUT2D eigenvalue weighted by Gasteiger charge is 2.14. The maximum Gasteiger partial charge on any atom is 0.339 e. The van der Waals surface area contributed by atoms with E-state index in [1.807, 2.05) is 6.92 Å². The summed E-state index contributed by atoms with van der Waals surface area (Å²) < 4.78 is 5.03. The highest BCUT2D eigenvalue weighted by Crippen LogP contribution is 2.18. The molecule has 0 saturated carbocycles. The molecule has 4 N–H and O–H groups in total. The van der Waals surface area contributed by atoms with Gasteiger partial charge in [-0.2, -0.15) is 0 Å². The number of nitrogen functional groups attached to an aromatic ring is 1. The Labute approximate surface area is 109 Å². The van der Waals surface area contributed by atoms with Crippen LogP contribution >= 0.6 is 0 Å². The van der Waals surface area contributed by atoms with E-state index >= 15 is 0 Å². The number of nitrogens with one attached hydrogen (secondary N) is 1. The van der Waals surface area contributed by atoms with Crippen LogP contribution in [0.2, 0.25) is 0 Å². The summed E-state index contributed by atoms with van der Waals surface area (Å²) in [6, 6.07) is 1.37. The van der Waals surface area contributed by atoms with Gasteiger partial charge < -0.3 is 20.7 Å². The lowest BCUT2D eigenvalue weighted by Crippen LogP contribution is -2.09. The number of rotatable bonds is 4. The first-order chi connectivity index (χ1) is 8.99. The van der Waals surface area contributed by atoms with Gasteiger partial charge in [0.15, 0.2) is 0 Å². The fraction of sp³-hybridized carbons (Fsp3) is 0.250. The SMILES string of the molecule is Cc1noc(C)c1CNc1ncc(N)cc1C(=O)O. The number of pyridine rings is 1. The molecule has 100 valence electrons. The van der Waals surface area contributed by atoms with E-state index in [2.05, 4.69) is 15.5 Å². The largest absolute Gasteiger partial charge is 0.478 e. The van der Waals surface area contributed by atoms with Gasteiger partial charge in [-0.1, -0.05) is 5.16 Å². The van der Waals surface area contributed by atoms with Crippen molar-refractivity contribution in [2.45, 2.75) is 20.4 Å². The van der Waals surface area contributed by atoms with Gasteiger partial charge in [-0.05, 0) is 19.9 Å². The maximum absolute atomic E-state index is 11.1. The van der Waals surface area contributed by atoms with E-state index in [4.69, 9.17) is 15.4 Å². The van der Waals surface area contributed by atoms with Crippen LogP contribution in [0.5, 0.6) is 0 Å². The van der Waals surface area contributed by atoms with Crippen LogP contribution in [0.4, 0.5) is 11.5 Å². The second-order valence-electron chi connectivity index (χ2n) is 4.13. The van der Waals surface area contributed by atoms with Gasteiger partial charge in [-0.3, -0.25) is 0 Å². The Morgan fingerprint density at radius 3 is 2.84 bits per heavy atom. The van der Waals surface area contributed by atoms with Crippen LogP contribution in [0.3, 0.4) is 0 Å². The van der Waals surface area contributed by atoms with E-state index in [9.17, 15) is 4.79 Å². The number of aryl methyl sites for hydroxylation is 2. The van der Waals surface area contributed by atoms with Crippen LogP contribution < -0.4 is 11.1 Å². The van der Waals surface area contributed by atoms with E-state index in [0.717, 1.165) is 11.3 Å². The van der Waals surface area contributed by atoms with Gasteiger partial charge in [0.2, 0.25) is 0 Å². The molecule has 0 atom stereocenters. The second kappa shape index (κ2) is 4.97. The van der Waals surface area contributed by atoms with E-state index < -0.39 is 5.97 Å². The van der Waals surface area contributed by atoms with Crippen LogP contribution in [-0.2, 0) is 6.54 Å². The molecule has 0 radical (unpaired) electrons. The summed E-state index contributed by atoms with van der Waals surface area (Å²) >= 11 is 0. The lowest BCUT2D eigenvalue weighted by Gasteiger charge is -2.08. The van der Waals surface area contributed by atoms with Crippen LogP contribution in [0, 0.1) is 13.8 Å². The molecule has 19 heavy (non-hydrogen) atoms. The molecule has 2 heterocycles. The summed E-state index contributed by atoms with van der Waals surface area (Å²) in [5, 5.41) is 15.9. The average Bonchev–Trinajstić information content (AvgIpc) is 2.68. The van der Waals surface area contributed by atoms with E-state index in [-0.39, 0.29) is 11.4 Å². The molecule has 0 saturated heterocycles. The summed E-state index contributed by atoms with van der Waals surface area (Å²) in [5.74, 6) is -0.125. The third-order valence-corrected chi connectivity index (χ3v) is 2.75. The number of carboxylic acids is 1. The quantitative estimate of drug-likeness (QED) is 0.766. The molecule has 0 bridgehead atoms. The first-order valence-corrected chi connectivity index (χ1v) is 5.63. The lowest BCUT2D eigenvalue weighted by molar-refractivity contribution is 0.0697. The van der Waals surface area contributed by atoms with Crippen molar-refractivity contribution in [1.29, 1.82) is 0 Å². The minimum absolute atomic E-state index is 0.0340. The van der Waals surface area contributed by atoms with Gasteiger partial charge in [0, 0.05) is 12.1 Å². The minimum Gasteiger partial charge on any atom is -0.478 e. The predicted octanol–water partition coefficient (Wildman–Crippen LogP) is 1.58. The molecule has 0 amide bonds. The van der Waals surface area contributed by atoms with Gasteiger partial charge in [-0.25, -0.2) is 9.78 Å². The Balaban J connectivity index is 2.23. The summed E-state index contributed by atoms with van der Waals surface area (Å²) in [5.41, 5.74) is 7.51. The first-order valence-electron chi connectivity index (χ1n) is 5.63. The highest BCUT2D eigenvalue weighted by molar-refractivity contribution is 5.94. The zero-order valence-electron chi connectivity index (χ0n) is 10.6. The molecule has 0 unspecified atom stereocenters. The number of anilines is 2. The van der Waals surface area contributed by atoms with Gasteiger partial charge in [0.05, 0.1) is 17.6 Å². The Kier molecular flexibility index (Phi) is 3.37. The molecule has 2 aromatic heterocycles. The number of carbonyl (C=O) groups is 1. The van der Waals surface area contributed by atoms with Gasteiger partial charge in [-0.15, -0.1) is 0 Å². The number of carboxylic acid groups (broad SMARTS) is 1. The summed E-state index contributed by atoms with van der Waals surface area (Å²) in [4.78, 5) is 15.1. The van der Waals surface area contributed by atoms with E-state index in [0.29, 0.717) is 18.0 Å². The molecule has 0 aromatic carbocycles. The third kappa shape index (κ3) is 2.65. The number of nitrogens with two attached hydrogens (primary N) is 1. The monoisotopic (exact) mass is 262 g/mol. The summed E-state index contributed by atoms with van der Waals surface area (Å²) in [7, 11) is 0. The molecule has 0 fully saturated rings. The van der Waals surface area contributed by atoms with Crippen LogP contribution in [0.25, 0.3) is 0 Å². The Hall–Kier alpha value is -2.57. The van der Waals surface area contributed by atoms with Crippen LogP contribution in [-0.4, -0.2) is 21.2 Å². The number of aromatic nitrogens is 2. The van der Waals surface area contributed by atoms with Gasteiger partial charge >= 0.3 is 5.97 Å². The van der Waals surface area contributed by atoms with Crippen molar-refractivity contribution in [3.05, 3.63) is 34.8 Å². The first kappa shape index (κ1) is 12.9. The van der Waals surface area contributed by atoms with Gasteiger partial charge in [0.25, 0.3) is 0 Å². The van der Waals surface area contributed by atoms with Crippen LogP contribution in [0.15, 0.2) is 16.8 Å². The van der Waals surface area contributed by atoms with Crippen molar-refractivity contribution in [3.8, 4) is 0 Å². The molecular formula is C12H14N4O3. The molecular weight excluding hydrogens is 248 g/mol. The standard InChI is InChI=1S/C12H14N4O3/c1-6-10(7(2)19-16-6)5-15-11-9(12(17)18)3-8(13)4-14-11/h3-4H,5,13H2,1-2H3,(H,14,15)(H,17,18). The van der Waals surface area contributed by atoms with Crippen molar-refractivity contribution in [2.75, 3.05) is 11.1 Å². The third-order valence-electron chi connectivity index (χ3n) is 2.75. The Morgan fingerprint density at radius 2 is 2.26 bits per heavy atom. The van der Waals surface area contributed by atoms with Gasteiger partial charge in [0.1, 0.15) is 17.1 Å². The Morgan fingerprint density at radius 1 is 1.53 bits per heavy atom. The average molecular weight is 262 g/mol. The van der Waals surface area contributed by atoms with E-state index in [1.54, 1.807) is 6.92 Å². The molecule has 2 rings (SSSR count). The smallest absolute Gasteiger partial charge is 0.339 e. The second-order valence-corrected chi connectivity index (χ2v) is 4.13. The molecule has 0 aliphatic heterocycles. The summed E-state index contributed by atoms with van der Waals surface area (Å²) in [6.07, 6.45) is 1.40.